The van der Waals surface area contributed by atoms with Crippen LogP contribution in [-0.4, -0.2) is 0 Å². The van der Waals surface area contributed by atoms with Gasteiger partial charge in [0.1, 0.15) is 0 Å². The second-order valence-corrected chi connectivity index (χ2v) is 6.32. The highest BCUT2D eigenvalue weighted by Crippen LogP contribution is 2.30. The maximum Gasteiger partial charge on any atom is 0.0391 e. The summed E-state index contributed by atoms with van der Waals surface area (Å²) in [6.07, 6.45) is 0. The summed E-state index contributed by atoms with van der Waals surface area (Å²) in [6, 6.07) is 22.2. The van der Waals surface area contributed by atoms with E-state index in [1.54, 1.807) is 0 Å². The Morgan fingerprint density at radius 3 is 2.30 bits per heavy atom. The van der Waals surface area contributed by atoms with E-state index in [0.717, 1.165) is 0 Å². The lowest BCUT2D eigenvalue weighted by atomic mass is 10.1. The van der Waals surface area contributed by atoms with Crippen LogP contribution in [0.1, 0.15) is 36.4 Å². The van der Waals surface area contributed by atoms with Crippen LogP contribution in [0.4, 0.5) is 0 Å². The van der Waals surface area contributed by atoms with E-state index in [4.69, 9.17) is 0 Å². The maximum atomic E-state index is 3.68. The highest BCUT2D eigenvalue weighted by molar-refractivity contribution is 7.19. The van der Waals surface area contributed by atoms with Crippen molar-refractivity contribution in [2.45, 2.75) is 25.9 Å². The molecule has 1 heterocycles. The molecular formula is C18H19NS. The van der Waals surface area contributed by atoms with Crippen molar-refractivity contribution in [2.24, 2.45) is 0 Å². The number of hydrogen-bond acceptors (Lipinski definition) is 2. The van der Waals surface area contributed by atoms with Crippen LogP contribution >= 0.6 is 11.3 Å². The Morgan fingerprint density at radius 1 is 0.850 bits per heavy atom. The predicted octanol–water partition coefficient (Wildman–Crippen LogP) is 5.31. The SMILES string of the molecule is CC(NC(C)c1cc2ccccc2s1)c1ccccc1. The van der Waals surface area contributed by atoms with E-state index < -0.39 is 0 Å². The van der Waals surface area contributed by atoms with Gasteiger partial charge < -0.3 is 5.32 Å². The van der Waals surface area contributed by atoms with Crippen molar-refractivity contribution in [1.29, 1.82) is 0 Å². The van der Waals surface area contributed by atoms with Gasteiger partial charge in [-0.3, -0.25) is 0 Å². The number of fused-ring (bicyclic) bond motifs is 1. The zero-order chi connectivity index (χ0) is 13.9. The molecule has 102 valence electrons. The zero-order valence-electron chi connectivity index (χ0n) is 11.8. The number of benzene rings is 2. The Kier molecular flexibility index (Phi) is 3.86. The quantitative estimate of drug-likeness (QED) is 0.683. The minimum Gasteiger partial charge on any atom is -0.303 e. The monoisotopic (exact) mass is 281 g/mol. The molecule has 0 saturated heterocycles. The molecule has 0 spiro atoms. The number of thiophene rings is 1. The third-order valence-electron chi connectivity index (χ3n) is 3.67. The molecule has 3 rings (SSSR count). The van der Waals surface area contributed by atoms with Crippen molar-refractivity contribution in [2.75, 3.05) is 0 Å². The molecule has 1 aromatic heterocycles. The lowest BCUT2D eigenvalue weighted by Gasteiger charge is -2.19. The fourth-order valence-corrected chi connectivity index (χ4v) is 3.59. The zero-order valence-corrected chi connectivity index (χ0v) is 12.7. The van der Waals surface area contributed by atoms with Crippen LogP contribution < -0.4 is 5.32 Å². The third-order valence-corrected chi connectivity index (χ3v) is 4.97. The van der Waals surface area contributed by atoms with Gasteiger partial charge in [-0.15, -0.1) is 11.3 Å². The maximum absolute atomic E-state index is 3.68. The minimum atomic E-state index is 0.358. The number of rotatable bonds is 4. The average Bonchev–Trinajstić information content (AvgIpc) is 2.92. The summed E-state index contributed by atoms with van der Waals surface area (Å²) in [5, 5.41) is 5.03. The molecule has 1 N–H and O–H groups in total. The summed E-state index contributed by atoms with van der Waals surface area (Å²) in [4.78, 5) is 1.40. The first-order valence-corrected chi connectivity index (χ1v) is 7.85. The molecule has 0 amide bonds. The van der Waals surface area contributed by atoms with Gasteiger partial charge in [0.15, 0.2) is 0 Å². The predicted molar refractivity (Wildman–Crippen MR) is 88.2 cm³/mol. The largest absolute Gasteiger partial charge is 0.303 e. The first-order valence-electron chi connectivity index (χ1n) is 7.03. The highest BCUT2D eigenvalue weighted by Gasteiger charge is 2.13. The molecule has 0 saturated carbocycles. The van der Waals surface area contributed by atoms with Crippen molar-refractivity contribution < 1.29 is 0 Å². The van der Waals surface area contributed by atoms with Crippen LogP contribution in [0.25, 0.3) is 10.1 Å². The smallest absolute Gasteiger partial charge is 0.0391 e. The Balaban J connectivity index is 1.77. The van der Waals surface area contributed by atoms with E-state index in [9.17, 15) is 0 Å². The molecule has 2 unspecified atom stereocenters. The van der Waals surface area contributed by atoms with Crippen LogP contribution in [0.5, 0.6) is 0 Å². The standard InChI is InChI=1S/C18H19NS/c1-13(15-8-4-3-5-9-15)19-14(2)18-12-16-10-6-7-11-17(16)20-18/h3-14,19H,1-2H3. The van der Waals surface area contributed by atoms with Crippen LogP contribution in [0.2, 0.25) is 0 Å². The molecule has 3 aromatic rings. The van der Waals surface area contributed by atoms with Crippen molar-refractivity contribution in [3.63, 3.8) is 0 Å². The van der Waals surface area contributed by atoms with Crippen LogP contribution in [0, 0.1) is 0 Å². The second-order valence-electron chi connectivity index (χ2n) is 5.21. The molecule has 0 aliphatic heterocycles. The Labute approximate surface area is 124 Å². The molecular weight excluding hydrogens is 262 g/mol. The summed E-state index contributed by atoms with van der Waals surface area (Å²) in [7, 11) is 0. The lowest BCUT2D eigenvalue weighted by Crippen LogP contribution is -2.21. The van der Waals surface area contributed by atoms with E-state index in [-0.39, 0.29) is 0 Å². The van der Waals surface area contributed by atoms with Crippen molar-refractivity contribution in [1.82, 2.24) is 5.32 Å². The molecule has 2 aromatic carbocycles. The van der Waals surface area contributed by atoms with Gasteiger partial charge in [0, 0.05) is 21.7 Å². The van der Waals surface area contributed by atoms with Crippen LogP contribution in [-0.2, 0) is 0 Å². The lowest BCUT2D eigenvalue weighted by molar-refractivity contribution is 0.500. The molecule has 20 heavy (non-hydrogen) atoms. The summed E-state index contributed by atoms with van der Waals surface area (Å²) >= 11 is 1.88. The second kappa shape index (κ2) is 5.78. The number of nitrogens with one attached hydrogen (secondary N) is 1. The summed E-state index contributed by atoms with van der Waals surface area (Å²) in [5.41, 5.74) is 1.33. The van der Waals surface area contributed by atoms with Gasteiger partial charge in [-0.2, -0.15) is 0 Å². The average molecular weight is 281 g/mol. The molecule has 0 aliphatic carbocycles. The van der Waals surface area contributed by atoms with Gasteiger partial charge in [-0.1, -0.05) is 48.5 Å². The Bertz CT molecular complexity index is 654. The van der Waals surface area contributed by atoms with Gasteiger partial charge in [0.25, 0.3) is 0 Å². The van der Waals surface area contributed by atoms with Crippen molar-refractivity contribution >= 4 is 21.4 Å². The molecule has 0 aliphatic rings. The van der Waals surface area contributed by atoms with Gasteiger partial charge in [-0.25, -0.2) is 0 Å². The highest BCUT2D eigenvalue weighted by atomic mass is 32.1. The third kappa shape index (κ3) is 2.77. The van der Waals surface area contributed by atoms with Gasteiger partial charge in [0.2, 0.25) is 0 Å². The van der Waals surface area contributed by atoms with Gasteiger partial charge in [-0.05, 0) is 36.9 Å². The minimum absolute atomic E-state index is 0.358. The normalized spacial score (nSPS) is 14.3. The fourth-order valence-electron chi connectivity index (χ4n) is 2.51. The van der Waals surface area contributed by atoms with Gasteiger partial charge >= 0.3 is 0 Å². The Morgan fingerprint density at radius 2 is 1.55 bits per heavy atom. The van der Waals surface area contributed by atoms with Gasteiger partial charge in [0.05, 0.1) is 0 Å². The van der Waals surface area contributed by atoms with Crippen LogP contribution in [0.3, 0.4) is 0 Å². The first-order chi connectivity index (χ1) is 9.74. The van der Waals surface area contributed by atoms with E-state index >= 15 is 0 Å². The van der Waals surface area contributed by atoms with E-state index in [0.29, 0.717) is 12.1 Å². The molecule has 0 radical (unpaired) electrons. The van der Waals surface area contributed by atoms with E-state index in [1.165, 1.54) is 20.5 Å². The van der Waals surface area contributed by atoms with Crippen LogP contribution in [0.15, 0.2) is 60.7 Å². The molecule has 0 fully saturated rings. The van der Waals surface area contributed by atoms with E-state index in [2.05, 4.69) is 79.8 Å². The fraction of sp³-hybridized carbons (Fsp3) is 0.222. The van der Waals surface area contributed by atoms with Crippen molar-refractivity contribution in [3.05, 3.63) is 71.1 Å². The summed E-state index contributed by atoms with van der Waals surface area (Å²) in [5.74, 6) is 0. The summed E-state index contributed by atoms with van der Waals surface area (Å²) < 4.78 is 1.36. The molecule has 1 nitrogen and oxygen atoms in total. The Hall–Kier alpha value is -1.64. The molecule has 2 atom stereocenters. The number of hydrogen-bond donors (Lipinski definition) is 1. The molecule has 0 bridgehead atoms. The summed E-state index contributed by atoms with van der Waals surface area (Å²) in [6.45, 7) is 4.46. The van der Waals surface area contributed by atoms with Crippen molar-refractivity contribution in [3.8, 4) is 0 Å². The molecule has 2 heteroatoms. The topological polar surface area (TPSA) is 12.0 Å². The first kappa shape index (κ1) is 13.3. The van der Waals surface area contributed by atoms with E-state index in [1.807, 2.05) is 11.3 Å².